The molecule has 2 aromatic carbocycles. The molecule has 1 atom stereocenters. The Morgan fingerprint density at radius 1 is 1.00 bits per heavy atom. The number of thiophene rings is 1. The highest BCUT2D eigenvalue weighted by atomic mass is 32.1. The molecular formula is C27H23N3O5S. The lowest BCUT2D eigenvalue weighted by atomic mass is 10.0. The number of carbonyl (C=O) groups is 2. The van der Waals surface area contributed by atoms with Gasteiger partial charge in [-0.15, -0.1) is 11.3 Å². The first-order valence-corrected chi connectivity index (χ1v) is 12.1. The van der Waals surface area contributed by atoms with Crippen LogP contribution in [0.15, 0.2) is 77.2 Å². The Kier molecular flexibility index (Phi) is 6.64. The standard InChI is InChI=1S/C27H23N3O5S/c1-33-23-12-10-18(14-24(23)34-2)22-15-21(25-8-5-13-36-25)29-30(22)26(31)16-35-27(32)20-11-9-17-6-3-4-7-19(17)28-20/h3-14,22H,15-16H2,1-2H3/t22-/m0/s1. The second kappa shape index (κ2) is 10.2. The van der Waals surface area contributed by atoms with Crippen LogP contribution in [0.3, 0.4) is 0 Å². The third-order valence-electron chi connectivity index (χ3n) is 5.90. The molecule has 0 fully saturated rings. The van der Waals surface area contributed by atoms with Crippen molar-refractivity contribution < 1.29 is 23.8 Å². The number of hydrogen-bond acceptors (Lipinski definition) is 8. The van der Waals surface area contributed by atoms with Gasteiger partial charge in [-0.2, -0.15) is 5.10 Å². The number of aromatic nitrogens is 1. The van der Waals surface area contributed by atoms with Crippen LogP contribution in [0.4, 0.5) is 0 Å². The van der Waals surface area contributed by atoms with Crippen molar-refractivity contribution in [3.63, 3.8) is 0 Å². The molecule has 1 aliphatic rings. The Bertz CT molecular complexity index is 1450. The first kappa shape index (κ1) is 23.5. The van der Waals surface area contributed by atoms with E-state index in [-0.39, 0.29) is 11.7 Å². The van der Waals surface area contributed by atoms with Gasteiger partial charge >= 0.3 is 5.97 Å². The van der Waals surface area contributed by atoms with Crippen molar-refractivity contribution >= 4 is 39.8 Å². The summed E-state index contributed by atoms with van der Waals surface area (Å²) in [6.45, 7) is -0.460. The monoisotopic (exact) mass is 501 g/mol. The molecule has 9 heteroatoms. The second-order valence-electron chi connectivity index (χ2n) is 8.06. The zero-order valence-corrected chi connectivity index (χ0v) is 20.5. The molecule has 1 amide bonds. The lowest BCUT2D eigenvalue weighted by Gasteiger charge is -2.22. The van der Waals surface area contributed by atoms with Crippen LogP contribution in [0.5, 0.6) is 11.5 Å². The van der Waals surface area contributed by atoms with E-state index in [4.69, 9.17) is 14.2 Å². The maximum Gasteiger partial charge on any atom is 0.357 e. The zero-order valence-electron chi connectivity index (χ0n) is 19.7. The number of hydrazone groups is 1. The molecule has 0 saturated heterocycles. The molecule has 36 heavy (non-hydrogen) atoms. The zero-order chi connectivity index (χ0) is 25.1. The minimum absolute atomic E-state index is 0.141. The largest absolute Gasteiger partial charge is 0.493 e. The molecule has 4 aromatic rings. The van der Waals surface area contributed by atoms with E-state index in [2.05, 4.69) is 10.1 Å². The molecule has 8 nitrogen and oxygen atoms in total. The summed E-state index contributed by atoms with van der Waals surface area (Å²) in [6.07, 6.45) is 0.516. The van der Waals surface area contributed by atoms with E-state index in [1.54, 1.807) is 43.8 Å². The van der Waals surface area contributed by atoms with Crippen molar-refractivity contribution in [2.45, 2.75) is 12.5 Å². The lowest BCUT2D eigenvalue weighted by Crippen LogP contribution is -2.31. The topological polar surface area (TPSA) is 90.3 Å². The Morgan fingerprint density at radius 3 is 2.61 bits per heavy atom. The van der Waals surface area contributed by atoms with Gasteiger partial charge in [0.2, 0.25) is 0 Å². The number of amides is 1. The number of rotatable bonds is 7. The molecule has 5 rings (SSSR count). The number of nitrogens with zero attached hydrogens (tertiary/aromatic N) is 3. The van der Waals surface area contributed by atoms with Gasteiger partial charge in [-0.1, -0.05) is 36.4 Å². The molecular weight excluding hydrogens is 478 g/mol. The fourth-order valence-electron chi connectivity index (χ4n) is 4.10. The summed E-state index contributed by atoms with van der Waals surface area (Å²) in [5.74, 6) is 0.0445. The van der Waals surface area contributed by atoms with E-state index < -0.39 is 18.5 Å². The van der Waals surface area contributed by atoms with Gasteiger partial charge in [-0.05, 0) is 41.3 Å². The van der Waals surface area contributed by atoms with E-state index in [0.29, 0.717) is 23.4 Å². The van der Waals surface area contributed by atoms with E-state index in [1.807, 2.05) is 53.9 Å². The van der Waals surface area contributed by atoms with Crippen LogP contribution >= 0.6 is 11.3 Å². The van der Waals surface area contributed by atoms with E-state index in [9.17, 15) is 9.59 Å². The fraction of sp³-hybridized carbons (Fsp3) is 0.185. The maximum atomic E-state index is 13.2. The van der Waals surface area contributed by atoms with Crippen LogP contribution in [-0.2, 0) is 9.53 Å². The highest BCUT2D eigenvalue weighted by molar-refractivity contribution is 7.12. The van der Waals surface area contributed by atoms with Crippen molar-refractivity contribution in [3.05, 3.63) is 88.2 Å². The van der Waals surface area contributed by atoms with E-state index in [1.165, 1.54) is 5.01 Å². The number of hydrogen-bond donors (Lipinski definition) is 0. The minimum atomic E-state index is -0.668. The summed E-state index contributed by atoms with van der Waals surface area (Å²) in [5.41, 5.74) is 2.44. The Morgan fingerprint density at radius 2 is 1.83 bits per heavy atom. The van der Waals surface area contributed by atoms with Crippen molar-refractivity contribution in [3.8, 4) is 11.5 Å². The summed E-state index contributed by atoms with van der Waals surface area (Å²) in [5, 5.41) is 8.87. The summed E-state index contributed by atoms with van der Waals surface area (Å²) in [4.78, 5) is 31.2. The van der Waals surface area contributed by atoms with Crippen LogP contribution in [0, 0.1) is 0 Å². The molecule has 0 radical (unpaired) electrons. The molecule has 0 unspecified atom stereocenters. The third kappa shape index (κ3) is 4.65. The average Bonchev–Trinajstić information content (AvgIpc) is 3.61. The van der Waals surface area contributed by atoms with Crippen LogP contribution in [0.2, 0.25) is 0 Å². The van der Waals surface area contributed by atoms with Gasteiger partial charge in [0.15, 0.2) is 18.1 Å². The molecule has 2 aromatic heterocycles. The number of benzene rings is 2. The minimum Gasteiger partial charge on any atom is -0.493 e. The van der Waals surface area contributed by atoms with Crippen molar-refractivity contribution in [2.75, 3.05) is 20.8 Å². The summed E-state index contributed by atoms with van der Waals surface area (Å²) >= 11 is 1.55. The summed E-state index contributed by atoms with van der Waals surface area (Å²) in [7, 11) is 3.13. The van der Waals surface area contributed by atoms with Gasteiger partial charge < -0.3 is 14.2 Å². The smallest absolute Gasteiger partial charge is 0.357 e. The maximum absolute atomic E-state index is 13.2. The number of ether oxygens (including phenoxy) is 3. The SMILES string of the molecule is COc1ccc([C@@H]2CC(c3cccs3)=NN2C(=O)COC(=O)c2ccc3ccccc3n2)cc1OC. The van der Waals surface area contributed by atoms with E-state index in [0.717, 1.165) is 21.5 Å². The lowest BCUT2D eigenvalue weighted by molar-refractivity contribution is -0.136. The highest BCUT2D eigenvalue weighted by Gasteiger charge is 2.34. The van der Waals surface area contributed by atoms with Gasteiger partial charge in [0.25, 0.3) is 5.91 Å². The predicted molar refractivity (Wildman–Crippen MR) is 137 cm³/mol. The highest BCUT2D eigenvalue weighted by Crippen LogP contribution is 2.37. The van der Waals surface area contributed by atoms with E-state index >= 15 is 0 Å². The van der Waals surface area contributed by atoms with Crippen LogP contribution in [0.25, 0.3) is 10.9 Å². The molecule has 0 bridgehead atoms. The van der Waals surface area contributed by atoms with Crippen LogP contribution in [0.1, 0.15) is 33.4 Å². The number of para-hydroxylation sites is 1. The Balaban J connectivity index is 1.36. The molecule has 0 N–H and O–H groups in total. The van der Waals surface area contributed by atoms with Crippen molar-refractivity contribution in [2.24, 2.45) is 5.10 Å². The fourth-order valence-corrected chi connectivity index (χ4v) is 4.82. The molecule has 0 aliphatic carbocycles. The quantitative estimate of drug-likeness (QED) is 0.336. The molecule has 182 valence electrons. The van der Waals surface area contributed by atoms with Gasteiger partial charge in [0.05, 0.1) is 36.4 Å². The Labute approximate surface area is 211 Å². The van der Waals surface area contributed by atoms with Gasteiger partial charge in [-0.3, -0.25) is 4.79 Å². The summed E-state index contributed by atoms with van der Waals surface area (Å²) < 4.78 is 16.1. The number of pyridine rings is 1. The first-order chi connectivity index (χ1) is 17.6. The molecule has 0 spiro atoms. The Hall–Kier alpha value is -4.24. The number of methoxy groups -OCH3 is 2. The molecule has 1 aliphatic heterocycles. The van der Waals surface area contributed by atoms with Crippen molar-refractivity contribution in [1.82, 2.24) is 9.99 Å². The molecule has 3 heterocycles. The van der Waals surface area contributed by atoms with Crippen LogP contribution < -0.4 is 9.47 Å². The van der Waals surface area contributed by atoms with Crippen LogP contribution in [-0.4, -0.2) is 48.4 Å². The number of carbonyl (C=O) groups excluding carboxylic acids is 2. The average molecular weight is 502 g/mol. The van der Waals surface area contributed by atoms with Gasteiger partial charge in [0, 0.05) is 11.8 Å². The normalized spacial score (nSPS) is 15.0. The second-order valence-corrected chi connectivity index (χ2v) is 9.01. The summed E-state index contributed by atoms with van der Waals surface area (Å²) in [6, 6.07) is 19.9. The predicted octanol–water partition coefficient (Wildman–Crippen LogP) is 4.85. The first-order valence-electron chi connectivity index (χ1n) is 11.3. The number of fused-ring (bicyclic) bond motifs is 1. The number of esters is 1. The third-order valence-corrected chi connectivity index (χ3v) is 6.82. The van der Waals surface area contributed by atoms with Crippen molar-refractivity contribution in [1.29, 1.82) is 0 Å². The molecule has 0 saturated carbocycles. The van der Waals surface area contributed by atoms with Gasteiger partial charge in [-0.25, -0.2) is 14.8 Å². The van der Waals surface area contributed by atoms with Gasteiger partial charge in [0.1, 0.15) is 5.69 Å².